The maximum atomic E-state index is 13.1. The van der Waals surface area contributed by atoms with Gasteiger partial charge in [0.2, 0.25) is 0 Å². The molecule has 1 fully saturated rings. The Bertz CT molecular complexity index is 1170. The fraction of sp³-hybridized carbons (Fsp3) is 0.0800. The molecule has 1 heterocycles. The number of carbonyl (C=O) groups excluding carboxylic acids is 3. The van der Waals surface area contributed by atoms with Crippen LogP contribution >= 0.6 is 0 Å². The summed E-state index contributed by atoms with van der Waals surface area (Å²) >= 11 is 0. The lowest BCUT2D eigenvalue weighted by molar-refractivity contribution is -0.122. The van der Waals surface area contributed by atoms with Crippen molar-refractivity contribution >= 4 is 29.6 Å². The predicted molar refractivity (Wildman–Crippen MR) is 117 cm³/mol. The van der Waals surface area contributed by atoms with Crippen LogP contribution in [0.15, 0.2) is 84.4 Å². The van der Waals surface area contributed by atoms with E-state index in [1.165, 1.54) is 6.08 Å². The van der Waals surface area contributed by atoms with Gasteiger partial charge in [-0.1, -0.05) is 66.2 Å². The lowest BCUT2D eigenvalue weighted by Gasteiger charge is -2.26. The average Bonchev–Trinajstić information content (AvgIpc) is 2.78. The number of para-hydroxylation sites is 1. The van der Waals surface area contributed by atoms with Gasteiger partial charge in [0.25, 0.3) is 11.8 Å². The van der Waals surface area contributed by atoms with Crippen LogP contribution < -0.4 is 15.0 Å². The Balaban J connectivity index is 1.64. The van der Waals surface area contributed by atoms with E-state index in [2.05, 4.69) is 5.32 Å². The SMILES string of the molecule is Cc1ccc(N2C(=O)NC(=O)/C(=C\c3ccccc3OCc3ccccc3)C2=O)cc1. The van der Waals surface area contributed by atoms with Crippen LogP contribution in [0, 0.1) is 6.92 Å². The van der Waals surface area contributed by atoms with Crippen molar-refractivity contribution < 1.29 is 19.1 Å². The molecular formula is C25H20N2O4. The number of aryl methyl sites for hydroxylation is 1. The summed E-state index contributed by atoms with van der Waals surface area (Å²) in [7, 11) is 0. The first-order chi connectivity index (χ1) is 15.0. The molecule has 3 aromatic rings. The van der Waals surface area contributed by atoms with Crippen molar-refractivity contribution in [2.45, 2.75) is 13.5 Å². The van der Waals surface area contributed by atoms with Gasteiger partial charge < -0.3 is 4.74 Å². The summed E-state index contributed by atoms with van der Waals surface area (Å²) in [6.45, 7) is 2.25. The Morgan fingerprint density at radius 2 is 1.55 bits per heavy atom. The first-order valence-corrected chi connectivity index (χ1v) is 9.77. The minimum absolute atomic E-state index is 0.143. The van der Waals surface area contributed by atoms with Crippen LogP contribution in [-0.4, -0.2) is 17.8 Å². The average molecular weight is 412 g/mol. The number of benzene rings is 3. The second-order valence-electron chi connectivity index (χ2n) is 7.11. The van der Waals surface area contributed by atoms with Gasteiger partial charge in [-0.05, 0) is 36.8 Å². The Labute approximate surface area is 179 Å². The number of imide groups is 2. The third kappa shape index (κ3) is 4.38. The Kier molecular flexibility index (Phi) is 5.62. The van der Waals surface area contributed by atoms with Crippen LogP contribution in [0.1, 0.15) is 16.7 Å². The molecule has 1 aliphatic rings. The minimum atomic E-state index is -0.774. The van der Waals surface area contributed by atoms with E-state index in [0.29, 0.717) is 23.6 Å². The Morgan fingerprint density at radius 1 is 0.871 bits per heavy atom. The van der Waals surface area contributed by atoms with Crippen molar-refractivity contribution in [1.82, 2.24) is 5.32 Å². The van der Waals surface area contributed by atoms with E-state index in [9.17, 15) is 14.4 Å². The smallest absolute Gasteiger partial charge is 0.335 e. The second kappa shape index (κ2) is 8.67. The topological polar surface area (TPSA) is 75.7 Å². The molecule has 0 unspecified atom stereocenters. The molecule has 154 valence electrons. The zero-order chi connectivity index (χ0) is 21.8. The molecular weight excluding hydrogens is 392 g/mol. The molecule has 4 rings (SSSR count). The second-order valence-corrected chi connectivity index (χ2v) is 7.11. The van der Waals surface area contributed by atoms with Crippen molar-refractivity contribution in [1.29, 1.82) is 0 Å². The quantitative estimate of drug-likeness (QED) is 0.502. The Hall–Kier alpha value is -4.19. The fourth-order valence-electron chi connectivity index (χ4n) is 3.21. The van der Waals surface area contributed by atoms with Gasteiger partial charge in [-0.15, -0.1) is 0 Å². The minimum Gasteiger partial charge on any atom is -0.488 e. The zero-order valence-electron chi connectivity index (χ0n) is 16.9. The largest absolute Gasteiger partial charge is 0.488 e. The molecule has 0 bridgehead atoms. The van der Waals surface area contributed by atoms with Crippen molar-refractivity contribution in [3.63, 3.8) is 0 Å². The molecule has 0 atom stereocenters. The van der Waals surface area contributed by atoms with E-state index in [4.69, 9.17) is 4.74 Å². The summed E-state index contributed by atoms with van der Waals surface area (Å²) < 4.78 is 5.91. The first kappa shape index (κ1) is 20.1. The lowest BCUT2D eigenvalue weighted by Crippen LogP contribution is -2.54. The summed E-state index contributed by atoms with van der Waals surface area (Å²) in [5, 5.41) is 2.24. The van der Waals surface area contributed by atoms with E-state index in [-0.39, 0.29) is 5.57 Å². The molecule has 1 N–H and O–H groups in total. The number of hydrogen-bond donors (Lipinski definition) is 1. The predicted octanol–water partition coefficient (Wildman–Crippen LogP) is 4.24. The third-order valence-electron chi connectivity index (χ3n) is 4.85. The zero-order valence-corrected chi connectivity index (χ0v) is 16.9. The number of urea groups is 1. The maximum absolute atomic E-state index is 13.1. The van der Waals surface area contributed by atoms with Crippen LogP contribution in [-0.2, 0) is 16.2 Å². The van der Waals surface area contributed by atoms with Crippen LogP contribution in [0.3, 0.4) is 0 Å². The van der Waals surface area contributed by atoms with E-state index >= 15 is 0 Å². The van der Waals surface area contributed by atoms with Gasteiger partial charge in [0.05, 0.1) is 5.69 Å². The molecule has 0 radical (unpaired) electrons. The van der Waals surface area contributed by atoms with Gasteiger partial charge in [0.15, 0.2) is 0 Å². The molecule has 6 heteroatoms. The number of carbonyl (C=O) groups is 3. The van der Waals surface area contributed by atoms with E-state index in [0.717, 1.165) is 16.0 Å². The van der Waals surface area contributed by atoms with Crippen molar-refractivity contribution in [3.05, 3.63) is 101 Å². The highest BCUT2D eigenvalue weighted by Gasteiger charge is 2.36. The Morgan fingerprint density at radius 3 is 2.29 bits per heavy atom. The first-order valence-electron chi connectivity index (χ1n) is 9.77. The van der Waals surface area contributed by atoms with Crippen LogP contribution in [0.5, 0.6) is 5.75 Å². The van der Waals surface area contributed by atoms with Gasteiger partial charge in [-0.3, -0.25) is 14.9 Å². The maximum Gasteiger partial charge on any atom is 0.335 e. The summed E-state index contributed by atoms with van der Waals surface area (Å²) in [6, 6.07) is 22.9. The number of rotatable bonds is 5. The van der Waals surface area contributed by atoms with Gasteiger partial charge in [0.1, 0.15) is 17.9 Å². The molecule has 0 saturated carbocycles. The van der Waals surface area contributed by atoms with Gasteiger partial charge in [-0.2, -0.15) is 0 Å². The van der Waals surface area contributed by atoms with Crippen LogP contribution in [0.4, 0.5) is 10.5 Å². The molecule has 1 saturated heterocycles. The summed E-state index contributed by atoms with van der Waals surface area (Å²) in [4.78, 5) is 38.8. The molecule has 31 heavy (non-hydrogen) atoms. The van der Waals surface area contributed by atoms with Crippen LogP contribution in [0.25, 0.3) is 6.08 Å². The molecule has 0 aliphatic carbocycles. The number of hydrogen-bond acceptors (Lipinski definition) is 4. The fourth-order valence-corrected chi connectivity index (χ4v) is 3.21. The van der Waals surface area contributed by atoms with Gasteiger partial charge in [0, 0.05) is 5.56 Å². The van der Waals surface area contributed by atoms with Crippen molar-refractivity contribution in [2.75, 3.05) is 4.90 Å². The highest BCUT2D eigenvalue weighted by molar-refractivity contribution is 6.39. The summed E-state index contributed by atoms with van der Waals surface area (Å²) in [5.74, 6) is -0.898. The monoisotopic (exact) mass is 412 g/mol. The summed E-state index contributed by atoms with van der Waals surface area (Å²) in [6.07, 6.45) is 1.45. The van der Waals surface area contributed by atoms with Crippen LogP contribution in [0.2, 0.25) is 0 Å². The van der Waals surface area contributed by atoms with Crippen molar-refractivity contribution in [3.8, 4) is 5.75 Å². The number of nitrogens with zero attached hydrogens (tertiary/aromatic N) is 1. The number of nitrogens with one attached hydrogen (secondary N) is 1. The molecule has 1 aliphatic heterocycles. The highest BCUT2D eigenvalue weighted by Crippen LogP contribution is 2.26. The molecule has 0 spiro atoms. The third-order valence-corrected chi connectivity index (χ3v) is 4.85. The molecule has 6 nitrogen and oxygen atoms in total. The molecule has 3 aromatic carbocycles. The normalized spacial score (nSPS) is 15.2. The molecule has 4 amide bonds. The standard InChI is InChI=1S/C25H20N2O4/c1-17-11-13-20(14-12-17)27-24(29)21(23(28)26-25(27)30)15-19-9-5-6-10-22(19)31-16-18-7-3-2-4-8-18/h2-15H,16H2,1H3,(H,26,28,30)/b21-15+. The van der Waals surface area contributed by atoms with Gasteiger partial charge in [-0.25, -0.2) is 9.69 Å². The van der Waals surface area contributed by atoms with Gasteiger partial charge >= 0.3 is 6.03 Å². The lowest BCUT2D eigenvalue weighted by atomic mass is 10.1. The number of ether oxygens (including phenoxy) is 1. The number of amides is 4. The highest BCUT2D eigenvalue weighted by atomic mass is 16.5. The summed E-state index contributed by atoms with van der Waals surface area (Å²) in [5.41, 5.74) is 2.80. The number of barbiturate groups is 1. The van der Waals surface area contributed by atoms with E-state index < -0.39 is 17.8 Å². The molecule has 0 aromatic heterocycles. The van der Waals surface area contributed by atoms with Crippen molar-refractivity contribution in [2.24, 2.45) is 0 Å². The van der Waals surface area contributed by atoms with E-state index in [1.807, 2.05) is 43.3 Å². The number of anilines is 1. The van der Waals surface area contributed by atoms with E-state index in [1.54, 1.807) is 42.5 Å².